The van der Waals surface area contributed by atoms with Crippen molar-refractivity contribution < 1.29 is 0 Å². The summed E-state index contributed by atoms with van der Waals surface area (Å²) < 4.78 is 2.13. The van der Waals surface area contributed by atoms with E-state index in [0.29, 0.717) is 6.04 Å². The summed E-state index contributed by atoms with van der Waals surface area (Å²) in [6, 6.07) is 8.58. The summed E-state index contributed by atoms with van der Waals surface area (Å²) in [5, 5.41) is 7.86. The van der Waals surface area contributed by atoms with E-state index in [4.69, 9.17) is 0 Å². The molecule has 1 N–H and O–H groups in total. The fourth-order valence-electron chi connectivity index (χ4n) is 2.77. The first kappa shape index (κ1) is 12.2. The first-order valence-electron chi connectivity index (χ1n) is 7.07. The van der Waals surface area contributed by atoms with Crippen molar-refractivity contribution in [2.75, 3.05) is 5.32 Å². The molecule has 0 spiro atoms. The minimum Gasteiger partial charge on any atom is -0.325 e. The molecule has 4 heteroatoms. The van der Waals surface area contributed by atoms with Gasteiger partial charge < -0.3 is 5.32 Å². The molecule has 3 rings (SSSR count). The number of anilines is 2. The summed E-state index contributed by atoms with van der Waals surface area (Å²) in [6.45, 7) is 2.00. The fraction of sp³-hybridized carbons (Fsp3) is 0.467. The van der Waals surface area contributed by atoms with Gasteiger partial charge in [0.2, 0.25) is 0 Å². The molecule has 1 fully saturated rings. The Bertz CT molecular complexity index is 541. The van der Waals surface area contributed by atoms with Crippen molar-refractivity contribution in [1.82, 2.24) is 14.8 Å². The predicted octanol–water partition coefficient (Wildman–Crippen LogP) is 3.84. The van der Waals surface area contributed by atoms with Crippen molar-refractivity contribution in [1.29, 1.82) is 0 Å². The highest BCUT2D eigenvalue weighted by Crippen LogP contribution is 2.30. The van der Waals surface area contributed by atoms with Gasteiger partial charge in [-0.05, 0) is 31.9 Å². The van der Waals surface area contributed by atoms with E-state index in [1.807, 2.05) is 37.4 Å². The molecule has 0 radical (unpaired) electrons. The van der Waals surface area contributed by atoms with Crippen molar-refractivity contribution in [3.05, 3.63) is 36.2 Å². The molecule has 0 aliphatic heterocycles. The zero-order valence-electron chi connectivity index (χ0n) is 11.3. The first-order chi connectivity index (χ1) is 9.33. The van der Waals surface area contributed by atoms with Gasteiger partial charge in [0.05, 0.1) is 12.2 Å². The number of nitrogens with zero attached hydrogens (tertiary/aromatic N) is 3. The lowest BCUT2D eigenvalue weighted by atomic mass is 9.96. The van der Waals surface area contributed by atoms with Crippen LogP contribution < -0.4 is 5.32 Å². The average Bonchev–Trinajstić information content (AvgIpc) is 2.88. The topological polar surface area (TPSA) is 42.7 Å². The monoisotopic (exact) mass is 256 g/mol. The molecule has 0 unspecified atom stereocenters. The SMILES string of the molecule is Cc1cccc(Nc2ccnn2C2CCCCC2)n1. The summed E-state index contributed by atoms with van der Waals surface area (Å²) in [7, 11) is 0. The highest BCUT2D eigenvalue weighted by Gasteiger charge is 2.18. The van der Waals surface area contributed by atoms with Crippen LogP contribution in [0, 0.1) is 6.92 Å². The summed E-state index contributed by atoms with van der Waals surface area (Å²) in [6.07, 6.45) is 8.32. The molecule has 2 heterocycles. The van der Waals surface area contributed by atoms with E-state index < -0.39 is 0 Å². The Kier molecular flexibility index (Phi) is 3.49. The number of aryl methyl sites for hydroxylation is 1. The van der Waals surface area contributed by atoms with Crippen LogP contribution in [-0.2, 0) is 0 Å². The molecule has 100 valence electrons. The molecule has 0 atom stereocenters. The molecular weight excluding hydrogens is 236 g/mol. The van der Waals surface area contributed by atoms with E-state index in [9.17, 15) is 0 Å². The zero-order valence-corrected chi connectivity index (χ0v) is 11.3. The lowest BCUT2D eigenvalue weighted by Gasteiger charge is -2.24. The van der Waals surface area contributed by atoms with Crippen molar-refractivity contribution in [2.45, 2.75) is 45.1 Å². The van der Waals surface area contributed by atoms with E-state index in [1.165, 1.54) is 32.1 Å². The smallest absolute Gasteiger partial charge is 0.131 e. The third-order valence-corrected chi connectivity index (χ3v) is 3.74. The summed E-state index contributed by atoms with van der Waals surface area (Å²) in [5.41, 5.74) is 1.02. The van der Waals surface area contributed by atoms with Crippen LogP contribution in [0.1, 0.15) is 43.8 Å². The molecule has 19 heavy (non-hydrogen) atoms. The van der Waals surface area contributed by atoms with E-state index in [-0.39, 0.29) is 0 Å². The normalized spacial score (nSPS) is 16.5. The first-order valence-corrected chi connectivity index (χ1v) is 7.07. The largest absolute Gasteiger partial charge is 0.325 e. The summed E-state index contributed by atoms with van der Waals surface area (Å²) in [4.78, 5) is 4.48. The van der Waals surface area contributed by atoms with Gasteiger partial charge in [-0.15, -0.1) is 0 Å². The van der Waals surface area contributed by atoms with Gasteiger partial charge in [-0.2, -0.15) is 5.10 Å². The molecule has 2 aromatic rings. The molecular formula is C15H20N4. The fourth-order valence-corrected chi connectivity index (χ4v) is 2.77. The van der Waals surface area contributed by atoms with Crippen molar-refractivity contribution in [3.63, 3.8) is 0 Å². The van der Waals surface area contributed by atoms with Gasteiger partial charge in [0.1, 0.15) is 11.6 Å². The molecule has 0 amide bonds. The Labute approximate surface area is 113 Å². The molecule has 1 saturated carbocycles. The van der Waals surface area contributed by atoms with E-state index >= 15 is 0 Å². The van der Waals surface area contributed by atoms with Gasteiger partial charge in [-0.3, -0.25) is 0 Å². The van der Waals surface area contributed by atoms with Crippen LogP contribution in [0.25, 0.3) is 0 Å². The maximum absolute atomic E-state index is 4.48. The molecule has 0 saturated heterocycles. The molecule has 4 nitrogen and oxygen atoms in total. The second kappa shape index (κ2) is 5.43. The number of aromatic nitrogens is 3. The molecule has 1 aliphatic rings. The van der Waals surface area contributed by atoms with Crippen LogP contribution >= 0.6 is 0 Å². The third kappa shape index (κ3) is 2.78. The Morgan fingerprint density at radius 3 is 2.79 bits per heavy atom. The van der Waals surface area contributed by atoms with Gasteiger partial charge in [0.15, 0.2) is 0 Å². The Balaban J connectivity index is 1.80. The standard InChI is InChI=1S/C15H20N4/c1-12-6-5-9-14(17-12)18-15-10-11-16-19(15)13-7-3-2-4-8-13/h5-6,9-11,13H,2-4,7-8H2,1H3,(H,17,18). The van der Waals surface area contributed by atoms with Crippen LogP contribution in [0.4, 0.5) is 11.6 Å². The maximum Gasteiger partial charge on any atom is 0.131 e. The zero-order chi connectivity index (χ0) is 13.1. The Hall–Kier alpha value is -1.84. The van der Waals surface area contributed by atoms with Gasteiger partial charge in [-0.25, -0.2) is 9.67 Å². The van der Waals surface area contributed by atoms with Gasteiger partial charge in [-0.1, -0.05) is 25.3 Å². The minimum atomic E-state index is 0.538. The molecule has 1 aliphatic carbocycles. The quantitative estimate of drug-likeness (QED) is 0.907. The molecule has 0 bridgehead atoms. The average molecular weight is 256 g/mol. The number of hydrogen-bond acceptors (Lipinski definition) is 3. The number of pyridine rings is 1. The maximum atomic E-state index is 4.48. The molecule has 0 aromatic carbocycles. The van der Waals surface area contributed by atoms with Crippen LogP contribution in [0.5, 0.6) is 0 Å². The van der Waals surface area contributed by atoms with Gasteiger partial charge in [0, 0.05) is 11.8 Å². The number of nitrogens with one attached hydrogen (secondary N) is 1. The van der Waals surface area contributed by atoms with Crippen LogP contribution in [0.2, 0.25) is 0 Å². The summed E-state index contributed by atoms with van der Waals surface area (Å²) >= 11 is 0. The van der Waals surface area contributed by atoms with Crippen LogP contribution in [-0.4, -0.2) is 14.8 Å². The van der Waals surface area contributed by atoms with Crippen molar-refractivity contribution in [2.24, 2.45) is 0 Å². The van der Waals surface area contributed by atoms with Crippen molar-refractivity contribution >= 4 is 11.6 Å². The number of hydrogen-bond donors (Lipinski definition) is 1. The second-order valence-corrected chi connectivity index (χ2v) is 5.24. The summed E-state index contributed by atoms with van der Waals surface area (Å²) in [5.74, 6) is 1.93. The van der Waals surface area contributed by atoms with Crippen LogP contribution in [0.15, 0.2) is 30.5 Å². The number of rotatable bonds is 3. The highest BCUT2D eigenvalue weighted by atomic mass is 15.3. The molecule has 2 aromatic heterocycles. The highest BCUT2D eigenvalue weighted by molar-refractivity contribution is 5.51. The lowest BCUT2D eigenvalue weighted by molar-refractivity contribution is 0.333. The Morgan fingerprint density at radius 2 is 2.00 bits per heavy atom. The van der Waals surface area contributed by atoms with E-state index in [0.717, 1.165) is 17.3 Å². The third-order valence-electron chi connectivity index (χ3n) is 3.74. The lowest BCUT2D eigenvalue weighted by Crippen LogP contribution is -2.16. The van der Waals surface area contributed by atoms with E-state index in [1.54, 1.807) is 0 Å². The minimum absolute atomic E-state index is 0.538. The van der Waals surface area contributed by atoms with Crippen LogP contribution in [0.3, 0.4) is 0 Å². The Morgan fingerprint density at radius 1 is 1.16 bits per heavy atom. The van der Waals surface area contributed by atoms with Gasteiger partial charge in [0.25, 0.3) is 0 Å². The predicted molar refractivity (Wildman–Crippen MR) is 76.6 cm³/mol. The second-order valence-electron chi connectivity index (χ2n) is 5.24. The van der Waals surface area contributed by atoms with Crippen molar-refractivity contribution in [3.8, 4) is 0 Å². The van der Waals surface area contributed by atoms with E-state index in [2.05, 4.69) is 20.1 Å². The van der Waals surface area contributed by atoms with Gasteiger partial charge >= 0.3 is 0 Å².